The molecular formula is C24H24N2O4. The third-order valence-electron chi connectivity index (χ3n) is 4.70. The summed E-state index contributed by atoms with van der Waals surface area (Å²) in [6.45, 7) is 0. The highest BCUT2D eigenvalue weighted by molar-refractivity contribution is 6.11. The number of ketones is 1. The highest BCUT2D eigenvalue weighted by Gasteiger charge is 2.16. The van der Waals surface area contributed by atoms with Crippen LogP contribution < -0.4 is 19.7 Å². The van der Waals surface area contributed by atoms with E-state index in [-0.39, 0.29) is 11.7 Å². The summed E-state index contributed by atoms with van der Waals surface area (Å²) in [4.78, 5) is 27.4. The van der Waals surface area contributed by atoms with Gasteiger partial charge in [0.15, 0.2) is 5.78 Å². The van der Waals surface area contributed by atoms with E-state index in [1.54, 1.807) is 42.5 Å². The fraction of sp³-hybridized carbons (Fsp3) is 0.167. The highest BCUT2D eigenvalue weighted by Crippen LogP contribution is 2.26. The van der Waals surface area contributed by atoms with E-state index < -0.39 is 0 Å². The minimum atomic E-state index is -0.245. The van der Waals surface area contributed by atoms with Gasteiger partial charge in [-0.3, -0.25) is 9.59 Å². The Morgan fingerprint density at radius 1 is 0.800 bits per heavy atom. The first-order valence-corrected chi connectivity index (χ1v) is 9.38. The number of carbonyl (C=O) groups is 2. The Kier molecular flexibility index (Phi) is 6.37. The van der Waals surface area contributed by atoms with Gasteiger partial charge in [-0.15, -0.1) is 0 Å². The molecule has 0 spiro atoms. The fourth-order valence-electron chi connectivity index (χ4n) is 2.97. The molecule has 6 heteroatoms. The predicted molar refractivity (Wildman–Crippen MR) is 118 cm³/mol. The van der Waals surface area contributed by atoms with Crippen LogP contribution in [0, 0.1) is 0 Å². The molecule has 154 valence electrons. The van der Waals surface area contributed by atoms with E-state index >= 15 is 0 Å². The third-order valence-corrected chi connectivity index (χ3v) is 4.70. The van der Waals surface area contributed by atoms with Gasteiger partial charge in [0.25, 0.3) is 5.91 Å². The minimum Gasteiger partial charge on any atom is -0.497 e. The number of nitrogens with one attached hydrogen (secondary N) is 1. The van der Waals surface area contributed by atoms with E-state index in [0.717, 1.165) is 5.69 Å². The molecule has 3 aromatic rings. The second kappa shape index (κ2) is 9.13. The molecule has 0 aliphatic rings. The van der Waals surface area contributed by atoms with Crippen LogP contribution in [0.4, 0.5) is 11.4 Å². The van der Waals surface area contributed by atoms with E-state index in [4.69, 9.17) is 9.47 Å². The standard InChI is InChI=1S/C24H24N2O4/c1-26(2)19-11-9-18(10-12-19)25-24(28)17-7-5-16(6-8-17)23(27)21-15-20(29-3)13-14-22(21)30-4/h5-15H,1-4H3,(H,25,28). The number of anilines is 2. The molecular weight excluding hydrogens is 380 g/mol. The number of rotatable bonds is 7. The lowest BCUT2D eigenvalue weighted by molar-refractivity contribution is 0.101. The lowest BCUT2D eigenvalue weighted by Gasteiger charge is -2.13. The Morgan fingerprint density at radius 3 is 2.00 bits per heavy atom. The molecule has 0 saturated carbocycles. The summed E-state index contributed by atoms with van der Waals surface area (Å²) in [6.07, 6.45) is 0. The van der Waals surface area contributed by atoms with Crippen molar-refractivity contribution in [1.29, 1.82) is 0 Å². The molecule has 0 aliphatic heterocycles. The highest BCUT2D eigenvalue weighted by atomic mass is 16.5. The Balaban J connectivity index is 1.76. The predicted octanol–water partition coefficient (Wildman–Crippen LogP) is 4.25. The fourth-order valence-corrected chi connectivity index (χ4v) is 2.97. The second-order valence-corrected chi connectivity index (χ2v) is 6.87. The number of nitrogens with zero attached hydrogens (tertiary/aromatic N) is 1. The topological polar surface area (TPSA) is 67.9 Å². The van der Waals surface area contributed by atoms with E-state index in [9.17, 15) is 9.59 Å². The van der Waals surface area contributed by atoms with Crippen LogP contribution in [0.3, 0.4) is 0 Å². The van der Waals surface area contributed by atoms with Gasteiger partial charge < -0.3 is 19.7 Å². The van der Waals surface area contributed by atoms with Crippen molar-refractivity contribution >= 4 is 23.1 Å². The van der Waals surface area contributed by atoms with Crippen molar-refractivity contribution < 1.29 is 19.1 Å². The van der Waals surface area contributed by atoms with Gasteiger partial charge in [-0.05, 0) is 54.6 Å². The van der Waals surface area contributed by atoms with Crippen LogP contribution in [-0.4, -0.2) is 40.0 Å². The molecule has 0 unspecified atom stereocenters. The summed E-state index contributed by atoms with van der Waals surface area (Å²) in [5.41, 5.74) is 3.06. The molecule has 0 aromatic heterocycles. The summed E-state index contributed by atoms with van der Waals surface area (Å²) in [6, 6.07) is 19.1. The van der Waals surface area contributed by atoms with Gasteiger partial charge in [0, 0.05) is 36.6 Å². The molecule has 0 radical (unpaired) electrons. The zero-order valence-electron chi connectivity index (χ0n) is 17.4. The molecule has 0 fully saturated rings. The van der Waals surface area contributed by atoms with Crippen LogP contribution >= 0.6 is 0 Å². The minimum absolute atomic E-state index is 0.211. The van der Waals surface area contributed by atoms with E-state index in [1.807, 2.05) is 43.3 Å². The summed E-state index contributed by atoms with van der Waals surface area (Å²) in [5.74, 6) is 0.571. The van der Waals surface area contributed by atoms with Crippen molar-refractivity contribution in [2.75, 3.05) is 38.5 Å². The van der Waals surface area contributed by atoms with Gasteiger partial charge in [-0.25, -0.2) is 0 Å². The maximum Gasteiger partial charge on any atom is 0.255 e. The summed E-state index contributed by atoms with van der Waals surface area (Å²) < 4.78 is 10.5. The Bertz CT molecular complexity index is 1040. The number of methoxy groups -OCH3 is 2. The van der Waals surface area contributed by atoms with Crippen LogP contribution in [0.1, 0.15) is 26.3 Å². The normalized spacial score (nSPS) is 10.3. The Hall–Kier alpha value is -3.80. The molecule has 0 bridgehead atoms. The zero-order valence-corrected chi connectivity index (χ0v) is 17.4. The van der Waals surface area contributed by atoms with Crippen molar-refractivity contribution in [3.8, 4) is 11.5 Å². The largest absolute Gasteiger partial charge is 0.497 e. The molecule has 30 heavy (non-hydrogen) atoms. The van der Waals surface area contributed by atoms with Gasteiger partial charge in [0.1, 0.15) is 11.5 Å². The van der Waals surface area contributed by atoms with Crippen molar-refractivity contribution in [3.63, 3.8) is 0 Å². The van der Waals surface area contributed by atoms with Crippen LogP contribution in [0.25, 0.3) is 0 Å². The first-order chi connectivity index (χ1) is 14.4. The SMILES string of the molecule is COc1ccc(OC)c(C(=O)c2ccc(C(=O)Nc3ccc(N(C)C)cc3)cc2)c1. The van der Waals surface area contributed by atoms with Crippen molar-refractivity contribution in [1.82, 2.24) is 0 Å². The first-order valence-electron chi connectivity index (χ1n) is 9.38. The lowest BCUT2D eigenvalue weighted by atomic mass is 10.0. The monoisotopic (exact) mass is 404 g/mol. The van der Waals surface area contributed by atoms with Crippen molar-refractivity contribution in [3.05, 3.63) is 83.4 Å². The maximum atomic E-state index is 12.9. The van der Waals surface area contributed by atoms with Gasteiger partial charge in [-0.2, -0.15) is 0 Å². The van der Waals surface area contributed by atoms with E-state index in [1.165, 1.54) is 14.2 Å². The molecule has 1 amide bonds. The lowest BCUT2D eigenvalue weighted by Crippen LogP contribution is -2.13. The summed E-state index contributed by atoms with van der Waals surface area (Å²) in [7, 11) is 6.96. The van der Waals surface area contributed by atoms with Crippen molar-refractivity contribution in [2.45, 2.75) is 0 Å². The van der Waals surface area contributed by atoms with Crippen LogP contribution in [0.5, 0.6) is 11.5 Å². The first kappa shape index (κ1) is 20.9. The molecule has 0 saturated heterocycles. The number of hydrogen-bond donors (Lipinski definition) is 1. The average Bonchev–Trinajstić information content (AvgIpc) is 2.78. The van der Waals surface area contributed by atoms with E-state index in [0.29, 0.717) is 33.9 Å². The number of benzene rings is 3. The van der Waals surface area contributed by atoms with Crippen LogP contribution in [-0.2, 0) is 0 Å². The van der Waals surface area contributed by atoms with Gasteiger partial charge >= 0.3 is 0 Å². The second-order valence-electron chi connectivity index (χ2n) is 6.87. The molecule has 0 aliphatic carbocycles. The van der Waals surface area contributed by atoms with Crippen LogP contribution in [0.15, 0.2) is 66.7 Å². The van der Waals surface area contributed by atoms with Gasteiger partial charge in [-0.1, -0.05) is 12.1 Å². The quantitative estimate of drug-likeness (QED) is 0.596. The van der Waals surface area contributed by atoms with E-state index in [2.05, 4.69) is 5.32 Å². The average molecular weight is 404 g/mol. The molecule has 3 aromatic carbocycles. The summed E-state index contributed by atoms with van der Waals surface area (Å²) >= 11 is 0. The molecule has 0 atom stereocenters. The Morgan fingerprint density at radius 2 is 1.43 bits per heavy atom. The zero-order chi connectivity index (χ0) is 21.7. The smallest absolute Gasteiger partial charge is 0.255 e. The van der Waals surface area contributed by atoms with Crippen LogP contribution in [0.2, 0.25) is 0 Å². The maximum absolute atomic E-state index is 12.9. The number of carbonyl (C=O) groups excluding carboxylic acids is 2. The summed E-state index contributed by atoms with van der Waals surface area (Å²) in [5, 5.41) is 2.86. The van der Waals surface area contributed by atoms with Gasteiger partial charge in [0.2, 0.25) is 0 Å². The number of amides is 1. The Labute approximate surface area is 176 Å². The molecule has 3 rings (SSSR count). The molecule has 6 nitrogen and oxygen atoms in total. The molecule has 0 heterocycles. The number of ether oxygens (including phenoxy) is 2. The molecule has 1 N–H and O–H groups in total. The van der Waals surface area contributed by atoms with Crippen molar-refractivity contribution in [2.24, 2.45) is 0 Å². The number of hydrogen-bond acceptors (Lipinski definition) is 5. The third kappa shape index (κ3) is 4.60. The van der Waals surface area contributed by atoms with Gasteiger partial charge in [0.05, 0.1) is 19.8 Å².